The van der Waals surface area contributed by atoms with Crippen LogP contribution in [0.1, 0.15) is 5.82 Å². The van der Waals surface area contributed by atoms with E-state index in [9.17, 15) is 0 Å². The van der Waals surface area contributed by atoms with Gasteiger partial charge in [-0.05, 0) is 18.2 Å². The minimum absolute atomic E-state index is 0.778. The molecule has 7 nitrogen and oxygen atoms in total. The Morgan fingerprint density at radius 3 is 2.48 bits per heavy atom. The molecule has 1 saturated heterocycles. The lowest BCUT2D eigenvalue weighted by Crippen LogP contribution is -2.46. The van der Waals surface area contributed by atoms with E-state index in [1.165, 1.54) is 0 Å². The fourth-order valence-electron chi connectivity index (χ4n) is 3.01. The predicted molar refractivity (Wildman–Crippen MR) is 96.0 cm³/mol. The summed E-state index contributed by atoms with van der Waals surface area (Å²) in [5.74, 6) is 1.88. The molecule has 3 aromatic rings. The molecule has 0 radical (unpaired) electrons. The van der Waals surface area contributed by atoms with Gasteiger partial charge in [-0.2, -0.15) is 0 Å². The van der Waals surface area contributed by atoms with Crippen molar-refractivity contribution in [2.75, 3.05) is 31.1 Å². The summed E-state index contributed by atoms with van der Waals surface area (Å²) < 4.78 is 2.08. The average Bonchev–Trinajstić information content (AvgIpc) is 3.08. The van der Waals surface area contributed by atoms with E-state index in [0.29, 0.717) is 0 Å². The van der Waals surface area contributed by atoms with Crippen LogP contribution in [0.5, 0.6) is 0 Å². The minimum atomic E-state index is 0.778. The lowest BCUT2D eigenvalue weighted by atomic mass is 10.2. The maximum absolute atomic E-state index is 4.70. The van der Waals surface area contributed by atoms with E-state index in [2.05, 4.69) is 29.3 Å². The summed E-state index contributed by atoms with van der Waals surface area (Å²) in [7, 11) is 2.04. The highest BCUT2D eigenvalue weighted by atomic mass is 15.3. The van der Waals surface area contributed by atoms with Crippen molar-refractivity contribution in [2.24, 2.45) is 7.05 Å². The van der Waals surface area contributed by atoms with Crippen LogP contribution in [0.4, 0.5) is 5.95 Å². The number of nitrogens with zero attached hydrogens (tertiary/aromatic N) is 7. The zero-order valence-corrected chi connectivity index (χ0v) is 14.3. The van der Waals surface area contributed by atoms with Gasteiger partial charge in [-0.15, -0.1) is 0 Å². The van der Waals surface area contributed by atoms with Gasteiger partial charge in [0.25, 0.3) is 0 Å². The Bertz CT molecular complexity index is 822. The smallest absolute Gasteiger partial charge is 0.225 e. The minimum Gasteiger partial charge on any atom is -0.338 e. The molecule has 0 aromatic carbocycles. The van der Waals surface area contributed by atoms with Crippen molar-refractivity contribution < 1.29 is 0 Å². The largest absolute Gasteiger partial charge is 0.338 e. The monoisotopic (exact) mass is 335 g/mol. The van der Waals surface area contributed by atoms with Crippen LogP contribution in [0.3, 0.4) is 0 Å². The number of aryl methyl sites for hydroxylation is 1. The van der Waals surface area contributed by atoms with Crippen molar-refractivity contribution in [1.29, 1.82) is 0 Å². The Labute approximate surface area is 147 Å². The Morgan fingerprint density at radius 2 is 1.76 bits per heavy atom. The van der Waals surface area contributed by atoms with Gasteiger partial charge in [0.1, 0.15) is 5.82 Å². The first-order valence-corrected chi connectivity index (χ1v) is 8.47. The second kappa shape index (κ2) is 6.98. The van der Waals surface area contributed by atoms with Gasteiger partial charge in [0.15, 0.2) is 0 Å². The molecule has 0 aliphatic carbocycles. The van der Waals surface area contributed by atoms with Gasteiger partial charge < -0.3 is 9.47 Å². The molecular weight excluding hydrogens is 314 g/mol. The Hall–Kier alpha value is -2.80. The molecular formula is C18H21N7. The fourth-order valence-corrected chi connectivity index (χ4v) is 3.01. The number of rotatable bonds is 4. The molecule has 0 spiro atoms. The van der Waals surface area contributed by atoms with Crippen molar-refractivity contribution in [1.82, 2.24) is 29.4 Å². The van der Waals surface area contributed by atoms with E-state index in [-0.39, 0.29) is 0 Å². The first kappa shape index (κ1) is 15.7. The maximum atomic E-state index is 4.70. The predicted octanol–water partition coefficient (Wildman–Crippen LogP) is 1.59. The van der Waals surface area contributed by atoms with Gasteiger partial charge in [-0.1, -0.05) is 6.07 Å². The molecule has 128 valence electrons. The molecule has 0 N–H and O–H groups in total. The van der Waals surface area contributed by atoms with Crippen LogP contribution in [-0.4, -0.2) is 55.6 Å². The van der Waals surface area contributed by atoms with Crippen LogP contribution >= 0.6 is 0 Å². The lowest BCUT2D eigenvalue weighted by molar-refractivity contribution is 0.241. The zero-order valence-electron chi connectivity index (χ0n) is 14.3. The number of aromatic nitrogens is 5. The Morgan fingerprint density at radius 1 is 0.880 bits per heavy atom. The van der Waals surface area contributed by atoms with Crippen LogP contribution in [0, 0.1) is 0 Å². The van der Waals surface area contributed by atoms with Crippen LogP contribution < -0.4 is 4.90 Å². The average molecular weight is 335 g/mol. The Balaban J connectivity index is 1.42. The van der Waals surface area contributed by atoms with Crippen molar-refractivity contribution >= 4 is 5.95 Å². The third kappa shape index (κ3) is 3.51. The van der Waals surface area contributed by atoms with Crippen molar-refractivity contribution in [3.63, 3.8) is 0 Å². The van der Waals surface area contributed by atoms with Gasteiger partial charge in [0, 0.05) is 58.0 Å². The van der Waals surface area contributed by atoms with E-state index in [1.807, 2.05) is 49.9 Å². The quantitative estimate of drug-likeness (QED) is 0.722. The van der Waals surface area contributed by atoms with Gasteiger partial charge in [0.2, 0.25) is 5.95 Å². The Kier molecular flexibility index (Phi) is 4.39. The van der Waals surface area contributed by atoms with E-state index in [0.717, 1.165) is 55.9 Å². The number of imidazole rings is 1. The molecule has 0 unspecified atom stereocenters. The molecule has 1 aliphatic rings. The standard InChI is InChI=1S/C18H21N7/c1-23-9-8-20-17(23)14-24-10-12-25(13-11-24)18-21-7-5-16(22-18)15-4-2-3-6-19-15/h2-9H,10-14H2,1H3. The summed E-state index contributed by atoms with van der Waals surface area (Å²) in [6, 6.07) is 7.76. The molecule has 1 fully saturated rings. The topological polar surface area (TPSA) is 63.0 Å². The molecule has 4 heterocycles. The van der Waals surface area contributed by atoms with Crippen LogP contribution in [0.15, 0.2) is 49.1 Å². The van der Waals surface area contributed by atoms with E-state index < -0.39 is 0 Å². The van der Waals surface area contributed by atoms with Crippen molar-refractivity contribution in [2.45, 2.75) is 6.54 Å². The number of pyridine rings is 1. The second-order valence-electron chi connectivity index (χ2n) is 6.17. The van der Waals surface area contributed by atoms with E-state index >= 15 is 0 Å². The molecule has 25 heavy (non-hydrogen) atoms. The normalized spacial score (nSPS) is 15.5. The summed E-state index contributed by atoms with van der Waals surface area (Å²) in [6.07, 6.45) is 7.44. The van der Waals surface area contributed by atoms with E-state index in [1.54, 1.807) is 6.20 Å². The lowest BCUT2D eigenvalue weighted by Gasteiger charge is -2.34. The number of hydrogen-bond donors (Lipinski definition) is 0. The van der Waals surface area contributed by atoms with E-state index in [4.69, 9.17) is 4.98 Å². The van der Waals surface area contributed by atoms with Gasteiger partial charge in [-0.25, -0.2) is 15.0 Å². The molecule has 0 amide bonds. The molecule has 7 heteroatoms. The van der Waals surface area contributed by atoms with Crippen LogP contribution in [-0.2, 0) is 13.6 Å². The second-order valence-corrected chi connectivity index (χ2v) is 6.17. The van der Waals surface area contributed by atoms with Gasteiger partial charge in [0.05, 0.1) is 17.9 Å². The molecule has 0 saturated carbocycles. The highest BCUT2D eigenvalue weighted by Crippen LogP contribution is 2.18. The third-order valence-electron chi connectivity index (χ3n) is 4.51. The molecule has 4 rings (SSSR count). The highest BCUT2D eigenvalue weighted by molar-refractivity contribution is 5.55. The van der Waals surface area contributed by atoms with Crippen LogP contribution in [0.2, 0.25) is 0 Å². The maximum Gasteiger partial charge on any atom is 0.225 e. The third-order valence-corrected chi connectivity index (χ3v) is 4.51. The van der Waals surface area contributed by atoms with Gasteiger partial charge in [-0.3, -0.25) is 9.88 Å². The summed E-state index contributed by atoms with van der Waals surface area (Å²) in [5, 5.41) is 0. The summed E-state index contributed by atoms with van der Waals surface area (Å²) in [4.78, 5) is 22.6. The first-order valence-electron chi connectivity index (χ1n) is 8.47. The first-order chi connectivity index (χ1) is 12.3. The summed E-state index contributed by atoms with van der Waals surface area (Å²) in [6.45, 7) is 4.66. The van der Waals surface area contributed by atoms with Crippen molar-refractivity contribution in [3.8, 4) is 11.4 Å². The molecule has 3 aromatic heterocycles. The van der Waals surface area contributed by atoms with Crippen molar-refractivity contribution in [3.05, 3.63) is 54.9 Å². The zero-order chi connectivity index (χ0) is 17.1. The highest BCUT2D eigenvalue weighted by Gasteiger charge is 2.20. The van der Waals surface area contributed by atoms with Crippen LogP contribution in [0.25, 0.3) is 11.4 Å². The SMILES string of the molecule is Cn1ccnc1CN1CCN(c2nccc(-c3ccccn3)n2)CC1. The number of hydrogen-bond acceptors (Lipinski definition) is 6. The van der Waals surface area contributed by atoms with Gasteiger partial charge >= 0.3 is 0 Å². The number of piperazine rings is 1. The fraction of sp³-hybridized carbons (Fsp3) is 0.333. The molecule has 1 aliphatic heterocycles. The summed E-state index contributed by atoms with van der Waals surface area (Å²) in [5.41, 5.74) is 1.74. The molecule has 0 atom stereocenters. The summed E-state index contributed by atoms with van der Waals surface area (Å²) >= 11 is 0. The number of anilines is 1. The molecule has 0 bridgehead atoms.